The monoisotopic (exact) mass is 426 g/mol. The van der Waals surface area contributed by atoms with Gasteiger partial charge in [-0.3, -0.25) is 0 Å². The van der Waals surface area contributed by atoms with Gasteiger partial charge in [0.05, 0.1) is 18.7 Å². The normalized spacial score (nSPS) is 10.7. The fourth-order valence-corrected chi connectivity index (χ4v) is 2.67. The highest BCUT2D eigenvalue weighted by atomic mass is 127. The predicted molar refractivity (Wildman–Crippen MR) is 93.1 cm³/mol. The Balaban J connectivity index is 1.82. The van der Waals surface area contributed by atoms with Gasteiger partial charge < -0.3 is 4.74 Å². The van der Waals surface area contributed by atoms with Gasteiger partial charge in [0.25, 0.3) is 0 Å². The van der Waals surface area contributed by atoms with E-state index < -0.39 is 0 Å². The fourth-order valence-electron chi connectivity index (χ4n) is 1.98. The van der Waals surface area contributed by atoms with E-state index in [9.17, 15) is 0 Å². The van der Waals surface area contributed by atoms with Crippen molar-refractivity contribution in [1.82, 2.24) is 20.2 Å². The third kappa shape index (κ3) is 3.38. The lowest BCUT2D eigenvalue weighted by Crippen LogP contribution is -2.04. The molecule has 3 rings (SSSR count). The maximum Gasteiger partial charge on any atom is 0.206 e. The summed E-state index contributed by atoms with van der Waals surface area (Å²) in [6.07, 6.45) is 0. The van der Waals surface area contributed by atoms with Crippen molar-refractivity contribution < 1.29 is 4.74 Å². The number of rotatable bonds is 4. The van der Waals surface area contributed by atoms with Crippen LogP contribution in [0.25, 0.3) is 11.4 Å². The molecule has 3 aromatic rings. The number of ether oxygens (including phenoxy) is 1. The minimum atomic E-state index is 0.525. The van der Waals surface area contributed by atoms with E-state index in [1.54, 1.807) is 11.9 Å². The van der Waals surface area contributed by atoms with Crippen molar-refractivity contribution >= 4 is 34.2 Å². The summed E-state index contributed by atoms with van der Waals surface area (Å²) in [5.74, 6) is 1.35. The maximum absolute atomic E-state index is 6.20. The number of hydrogen-bond donors (Lipinski definition) is 0. The standard InChI is InChI=1S/C15H12ClIN4O/c1-22-12-5-2-10(3-6-12)9-21-19-15(18-20-21)13-8-11(17)4-7-14(13)16/h2-8H,9H2,1H3. The molecule has 0 fully saturated rings. The Hall–Kier alpha value is -1.67. The van der Waals surface area contributed by atoms with Gasteiger partial charge in [-0.15, -0.1) is 10.2 Å². The number of aromatic nitrogens is 4. The van der Waals surface area contributed by atoms with Crippen LogP contribution in [-0.4, -0.2) is 27.3 Å². The molecule has 0 N–H and O–H groups in total. The molecule has 0 atom stereocenters. The average Bonchev–Trinajstić information content (AvgIpc) is 2.99. The van der Waals surface area contributed by atoms with E-state index in [0.717, 1.165) is 20.4 Å². The Morgan fingerprint density at radius 3 is 2.68 bits per heavy atom. The zero-order chi connectivity index (χ0) is 15.5. The largest absolute Gasteiger partial charge is 0.497 e. The molecule has 1 heterocycles. The van der Waals surface area contributed by atoms with Crippen LogP contribution in [0.2, 0.25) is 5.02 Å². The molecule has 112 valence electrons. The van der Waals surface area contributed by atoms with Crippen LogP contribution in [0.4, 0.5) is 0 Å². The molecule has 0 saturated heterocycles. The van der Waals surface area contributed by atoms with E-state index in [2.05, 4.69) is 38.0 Å². The molecule has 0 amide bonds. The Kier molecular flexibility index (Phi) is 4.58. The molecule has 0 saturated carbocycles. The summed E-state index contributed by atoms with van der Waals surface area (Å²) in [5.41, 5.74) is 1.85. The summed E-state index contributed by atoms with van der Waals surface area (Å²) >= 11 is 8.43. The zero-order valence-electron chi connectivity index (χ0n) is 11.7. The van der Waals surface area contributed by atoms with Crippen molar-refractivity contribution in [1.29, 1.82) is 0 Å². The molecular weight excluding hydrogens is 415 g/mol. The predicted octanol–water partition coefficient (Wildman–Crippen LogP) is 3.66. The average molecular weight is 427 g/mol. The SMILES string of the molecule is COc1ccc(Cn2nnc(-c3cc(I)ccc3Cl)n2)cc1. The first-order chi connectivity index (χ1) is 10.7. The first-order valence-electron chi connectivity index (χ1n) is 6.52. The second-order valence-corrected chi connectivity index (χ2v) is 6.27. The molecule has 0 aliphatic heterocycles. The third-order valence-corrected chi connectivity index (χ3v) is 4.11. The van der Waals surface area contributed by atoms with Crippen LogP contribution in [0.15, 0.2) is 42.5 Å². The maximum atomic E-state index is 6.20. The van der Waals surface area contributed by atoms with Gasteiger partial charge in [-0.2, -0.15) is 4.80 Å². The second kappa shape index (κ2) is 6.62. The van der Waals surface area contributed by atoms with Crippen molar-refractivity contribution in [2.24, 2.45) is 0 Å². The minimum Gasteiger partial charge on any atom is -0.497 e. The van der Waals surface area contributed by atoms with E-state index in [4.69, 9.17) is 16.3 Å². The molecule has 2 aromatic carbocycles. The van der Waals surface area contributed by atoms with E-state index in [1.165, 1.54) is 0 Å². The van der Waals surface area contributed by atoms with Gasteiger partial charge >= 0.3 is 0 Å². The molecule has 0 unspecified atom stereocenters. The van der Waals surface area contributed by atoms with Gasteiger partial charge in [-0.05, 0) is 63.7 Å². The lowest BCUT2D eigenvalue weighted by Gasteiger charge is -2.02. The number of nitrogens with zero attached hydrogens (tertiary/aromatic N) is 4. The molecular formula is C15H12ClIN4O. The first kappa shape index (κ1) is 15.2. The Morgan fingerprint density at radius 1 is 1.18 bits per heavy atom. The highest BCUT2D eigenvalue weighted by Gasteiger charge is 2.11. The second-order valence-electron chi connectivity index (χ2n) is 4.62. The zero-order valence-corrected chi connectivity index (χ0v) is 14.6. The van der Waals surface area contributed by atoms with Crippen molar-refractivity contribution in [3.05, 3.63) is 56.6 Å². The van der Waals surface area contributed by atoms with Crippen LogP contribution >= 0.6 is 34.2 Å². The number of tetrazole rings is 1. The number of hydrogen-bond acceptors (Lipinski definition) is 4. The van der Waals surface area contributed by atoms with Crippen LogP contribution < -0.4 is 4.74 Å². The summed E-state index contributed by atoms with van der Waals surface area (Å²) in [5, 5.41) is 13.2. The quantitative estimate of drug-likeness (QED) is 0.598. The van der Waals surface area contributed by atoms with Crippen molar-refractivity contribution in [3.8, 4) is 17.1 Å². The lowest BCUT2D eigenvalue weighted by molar-refractivity contribution is 0.414. The molecule has 5 nitrogen and oxygen atoms in total. The van der Waals surface area contributed by atoms with E-state index >= 15 is 0 Å². The van der Waals surface area contributed by atoms with Gasteiger partial charge in [-0.25, -0.2) is 0 Å². The molecule has 7 heteroatoms. The molecule has 0 radical (unpaired) electrons. The highest BCUT2D eigenvalue weighted by molar-refractivity contribution is 14.1. The summed E-state index contributed by atoms with van der Waals surface area (Å²) < 4.78 is 6.21. The van der Waals surface area contributed by atoms with Gasteiger partial charge in [0, 0.05) is 9.13 Å². The van der Waals surface area contributed by atoms with Gasteiger partial charge in [0.2, 0.25) is 5.82 Å². The minimum absolute atomic E-state index is 0.525. The van der Waals surface area contributed by atoms with Crippen LogP contribution in [0, 0.1) is 3.57 Å². The van der Waals surface area contributed by atoms with Crippen LogP contribution in [0.3, 0.4) is 0 Å². The molecule has 22 heavy (non-hydrogen) atoms. The Labute approximate surface area is 146 Å². The van der Waals surface area contributed by atoms with Gasteiger partial charge in [0.15, 0.2) is 0 Å². The number of benzene rings is 2. The number of methoxy groups -OCH3 is 1. The fraction of sp³-hybridized carbons (Fsp3) is 0.133. The van der Waals surface area contributed by atoms with Crippen molar-refractivity contribution in [2.45, 2.75) is 6.54 Å². The Bertz CT molecular complexity index is 788. The molecule has 0 aliphatic rings. The highest BCUT2D eigenvalue weighted by Crippen LogP contribution is 2.26. The van der Waals surface area contributed by atoms with Crippen LogP contribution in [0.5, 0.6) is 5.75 Å². The number of halogens is 2. The van der Waals surface area contributed by atoms with Crippen LogP contribution in [0.1, 0.15) is 5.56 Å². The van der Waals surface area contributed by atoms with Gasteiger partial charge in [-0.1, -0.05) is 23.7 Å². The Morgan fingerprint density at radius 2 is 1.95 bits per heavy atom. The molecule has 0 spiro atoms. The summed E-state index contributed by atoms with van der Waals surface area (Å²) in [7, 11) is 1.64. The summed E-state index contributed by atoms with van der Waals surface area (Å²) in [6, 6.07) is 13.5. The third-order valence-electron chi connectivity index (χ3n) is 3.11. The van der Waals surface area contributed by atoms with Gasteiger partial charge in [0.1, 0.15) is 5.75 Å². The van der Waals surface area contributed by atoms with Crippen molar-refractivity contribution in [2.75, 3.05) is 7.11 Å². The van der Waals surface area contributed by atoms with E-state index in [-0.39, 0.29) is 0 Å². The van der Waals surface area contributed by atoms with Crippen LogP contribution in [-0.2, 0) is 6.54 Å². The smallest absolute Gasteiger partial charge is 0.206 e. The molecule has 0 bridgehead atoms. The molecule has 1 aromatic heterocycles. The first-order valence-corrected chi connectivity index (χ1v) is 7.97. The van der Waals surface area contributed by atoms with E-state index in [1.807, 2.05) is 42.5 Å². The molecule has 0 aliphatic carbocycles. The topological polar surface area (TPSA) is 52.8 Å². The van der Waals surface area contributed by atoms with E-state index in [0.29, 0.717) is 17.4 Å². The summed E-state index contributed by atoms with van der Waals surface area (Å²) in [6.45, 7) is 0.540. The summed E-state index contributed by atoms with van der Waals surface area (Å²) in [4.78, 5) is 1.55. The lowest BCUT2D eigenvalue weighted by atomic mass is 10.2. The van der Waals surface area contributed by atoms with Crippen molar-refractivity contribution in [3.63, 3.8) is 0 Å².